The molecule has 1 heterocycles. The third kappa shape index (κ3) is 1.27. The van der Waals surface area contributed by atoms with E-state index in [-0.39, 0.29) is 5.78 Å². The molecule has 0 radical (unpaired) electrons. The number of Topliss-reactive ketones (excluding diaryl/α,β-unsaturated/α-hetero) is 1. The van der Waals surface area contributed by atoms with Crippen LogP contribution in [0.2, 0.25) is 0 Å². The van der Waals surface area contributed by atoms with Crippen LogP contribution in [-0.4, -0.2) is 21.1 Å². The average molecular weight is 179 g/mol. The molecule has 0 spiro atoms. The largest absolute Gasteiger partial charge is 0.319 e. The van der Waals surface area contributed by atoms with Crippen molar-refractivity contribution in [1.29, 1.82) is 0 Å². The average Bonchev–Trinajstić information content (AvgIpc) is 2.46. The van der Waals surface area contributed by atoms with Gasteiger partial charge in [0.05, 0.1) is 5.54 Å². The number of nitrogens with two attached hydrogens (primary N) is 1. The van der Waals surface area contributed by atoms with Crippen molar-refractivity contribution in [3.63, 3.8) is 0 Å². The molecule has 0 amide bonds. The van der Waals surface area contributed by atoms with Gasteiger partial charge in [-0.25, -0.2) is 0 Å². The zero-order valence-electron chi connectivity index (χ0n) is 7.66. The van der Waals surface area contributed by atoms with Gasteiger partial charge in [-0.05, 0) is 25.3 Å². The summed E-state index contributed by atoms with van der Waals surface area (Å²) in [6.45, 7) is 0. The topological polar surface area (TPSA) is 60.9 Å². The minimum absolute atomic E-state index is 0.0145. The van der Waals surface area contributed by atoms with E-state index in [0.717, 1.165) is 19.3 Å². The third-order valence-electron chi connectivity index (χ3n) is 2.64. The van der Waals surface area contributed by atoms with Gasteiger partial charge in [0.15, 0.2) is 0 Å². The summed E-state index contributed by atoms with van der Waals surface area (Å²) in [5, 5.41) is 4.05. The van der Waals surface area contributed by atoms with Crippen LogP contribution >= 0.6 is 0 Å². The van der Waals surface area contributed by atoms with Crippen molar-refractivity contribution in [2.75, 3.05) is 0 Å². The molecule has 1 aromatic heterocycles. The van der Waals surface area contributed by atoms with Gasteiger partial charge in [0, 0.05) is 13.2 Å². The quantitative estimate of drug-likeness (QED) is 0.672. The fourth-order valence-corrected chi connectivity index (χ4v) is 1.58. The molecule has 4 heteroatoms. The summed E-state index contributed by atoms with van der Waals surface area (Å²) in [6, 6.07) is 1.72. The number of hydrogen-bond acceptors (Lipinski definition) is 3. The molecule has 0 saturated heterocycles. The Bertz CT molecular complexity index is 338. The first kappa shape index (κ1) is 8.44. The summed E-state index contributed by atoms with van der Waals surface area (Å²) >= 11 is 0. The zero-order chi connectivity index (χ0) is 9.47. The minimum Gasteiger partial charge on any atom is -0.319 e. The number of hydrogen-bond donors (Lipinski definition) is 1. The van der Waals surface area contributed by atoms with Crippen LogP contribution < -0.4 is 5.73 Å². The van der Waals surface area contributed by atoms with Gasteiger partial charge in [-0.1, -0.05) is 0 Å². The number of rotatable bonds is 2. The van der Waals surface area contributed by atoms with E-state index in [2.05, 4.69) is 5.10 Å². The predicted molar refractivity (Wildman–Crippen MR) is 48.3 cm³/mol. The lowest BCUT2D eigenvalue weighted by molar-refractivity contribution is 0.0794. The molecule has 0 atom stereocenters. The summed E-state index contributed by atoms with van der Waals surface area (Å²) in [5.41, 5.74) is 5.76. The highest BCUT2D eigenvalue weighted by Crippen LogP contribution is 2.31. The Morgan fingerprint density at radius 3 is 2.77 bits per heavy atom. The van der Waals surface area contributed by atoms with Crippen LogP contribution in [0.5, 0.6) is 0 Å². The van der Waals surface area contributed by atoms with Crippen LogP contribution in [-0.2, 0) is 7.05 Å². The summed E-state index contributed by atoms with van der Waals surface area (Å²) in [4.78, 5) is 11.8. The van der Waals surface area contributed by atoms with E-state index in [0.29, 0.717) is 5.69 Å². The minimum atomic E-state index is -0.617. The lowest BCUT2D eigenvalue weighted by Crippen LogP contribution is -2.53. The van der Waals surface area contributed by atoms with Crippen LogP contribution in [0.25, 0.3) is 0 Å². The van der Waals surface area contributed by atoms with E-state index in [4.69, 9.17) is 5.73 Å². The highest BCUT2D eigenvalue weighted by Gasteiger charge is 2.41. The highest BCUT2D eigenvalue weighted by atomic mass is 16.1. The van der Waals surface area contributed by atoms with Crippen molar-refractivity contribution >= 4 is 5.78 Å². The summed E-state index contributed by atoms with van der Waals surface area (Å²) < 4.78 is 1.62. The van der Waals surface area contributed by atoms with Gasteiger partial charge >= 0.3 is 0 Å². The van der Waals surface area contributed by atoms with Gasteiger partial charge in [-0.2, -0.15) is 5.10 Å². The first-order valence-corrected chi connectivity index (χ1v) is 4.45. The maximum absolute atomic E-state index is 11.8. The Morgan fingerprint density at radius 1 is 1.69 bits per heavy atom. The number of nitrogens with zero attached hydrogens (tertiary/aromatic N) is 2. The summed E-state index contributed by atoms with van der Waals surface area (Å²) in [6.07, 6.45) is 4.40. The summed E-state index contributed by atoms with van der Waals surface area (Å²) in [5.74, 6) is -0.0145. The molecule has 1 saturated carbocycles. The van der Waals surface area contributed by atoms with Crippen molar-refractivity contribution in [3.05, 3.63) is 18.0 Å². The molecule has 13 heavy (non-hydrogen) atoms. The van der Waals surface area contributed by atoms with E-state index in [1.54, 1.807) is 24.0 Å². The molecular weight excluding hydrogens is 166 g/mol. The Hall–Kier alpha value is -1.16. The molecule has 0 aromatic carbocycles. The van der Waals surface area contributed by atoms with Crippen LogP contribution in [0, 0.1) is 0 Å². The Labute approximate surface area is 76.7 Å². The van der Waals surface area contributed by atoms with Crippen LogP contribution in [0.15, 0.2) is 12.3 Å². The normalized spacial score (nSPS) is 19.5. The number of ketones is 1. The first-order valence-electron chi connectivity index (χ1n) is 4.45. The first-order chi connectivity index (χ1) is 6.12. The lowest BCUT2D eigenvalue weighted by atomic mass is 9.74. The van der Waals surface area contributed by atoms with Gasteiger partial charge in [0.1, 0.15) is 5.69 Å². The Balaban J connectivity index is 2.22. The SMILES string of the molecule is Cn1ccc(C(=O)C2(N)CCC2)n1. The van der Waals surface area contributed by atoms with Crippen LogP contribution in [0.3, 0.4) is 0 Å². The number of aryl methyl sites for hydroxylation is 1. The van der Waals surface area contributed by atoms with E-state index in [1.165, 1.54) is 0 Å². The van der Waals surface area contributed by atoms with Gasteiger partial charge in [0.2, 0.25) is 5.78 Å². The molecule has 0 unspecified atom stereocenters. The monoisotopic (exact) mass is 179 g/mol. The van der Waals surface area contributed by atoms with E-state index >= 15 is 0 Å². The fourth-order valence-electron chi connectivity index (χ4n) is 1.58. The molecule has 2 N–H and O–H groups in total. The van der Waals surface area contributed by atoms with Crippen LogP contribution in [0.4, 0.5) is 0 Å². The molecule has 1 aromatic rings. The van der Waals surface area contributed by atoms with Crippen LogP contribution in [0.1, 0.15) is 29.8 Å². The zero-order valence-corrected chi connectivity index (χ0v) is 7.66. The Morgan fingerprint density at radius 2 is 2.38 bits per heavy atom. The van der Waals surface area contributed by atoms with Crippen molar-refractivity contribution in [3.8, 4) is 0 Å². The van der Waals surface area contributed by atoms with E-state index < -0.39 is 5.54 Å². The molecule has 0 aliphatic heterocycles. The van der Waals surface area contributed by atoms with Gasteiger partial charge in [-0.15, -0.1) is 0 Å². The fraction of sp³-hybridized carbons (Fsp3) is 0.556. The third-order valence-corrected chi connectivity index (χ3v) is 2.64. The van der Waals surface area contributed by atoms with Crippen molar-refractivity contribution in [2.24, 2.45) is 12.8 Å². The molecule has 70 valence electrons. The molecule has 1 fully saturated rings. The lowest BCUT2D eigenvalue weighted by Gasteiger charge is -2.35. The maximum atomic E-state index is 11.8. The molecule has 1 aliphatic carbocycles. The molecule has 1 aliphatic rings. The number of aromatic nitrogens is 2. The van der Waals surface area contributed by atoms with Crippen molar-refractivity contribution in [1.82, 2.24) is 9.78 Å². The number of carbonyl (C=O) groups excluding carboxylic acids is 1. The molecule has 4 nitrogen and oxygen atoms in total. The molecule has 2 rings (SSSR count). The highest BCUT2D eigenvalue weighted by molar-refractivity contribution is 6.02. The summed E-state index contributed by atoms with van der Waals surface area (Å²) in [7, 11) is 1.79. The van der Waals surface area contributed by atoms with Gasteiger partial charge in [0.25, 0.3) is 0 Å². The predicted octanol–water partition coefficient (Wildman–Crippen LogP) is 0.484. The van der Waals surface area contributed by atoms with Gasteiger partial charge in [-0.3, -0.25) is 9.48 Å². The second-order valence-corrected chi connectivity index (χ2v) is 3.71. The van der Waals surface area contributed by atoms with Crippen molar-refractivity contribution in [2.45, 2.75) is 24.8 Å². The maximum Gasteiger partial charge on any atom is 0.202 e. The Kier molecular flexibility index (Phi) is 1.73. The number of carbonyl (C=O) groups is 1. The van der Waals surface area contributed by atoms with E-state index in [9.17, 15) is 4.79 Å². The second-order valence-electron chi connectivity index (χ2n) is 3.71. The molecular formula is C9H13N3O. The smallest absolute Gasteiger partial charge is 0.202 e. The second kappa shape index (κ2) is 2.67. The van der Waals surface area contributed by atoms with E-state index in [1.807, 2.05) is 0 Å². The van der Waals surface area contributed by atoms with Gasteiger partial charge < -0.3 is 5.73 Å². The van der Waals surface area contributed by atoms with Crippen molar-refractivity contribution < 1.29 is 4.79 Å². The standard InChI is InChI=1S/C9H13N3O/c1-12-6-3-7(11-12)8(13)9(10)4-2-5-9/h3,6H,2,4-5,10H2,1H3. The molecule has 0 bridgehead atoms.